The molecule has 2 aromatic rings. The van der Waals surface area contributed by atoms with Gasteiger partial charge in [-0.25, -0.2) is 4.79 Å². The van der Waals surface area contributed by atoms with E-state index < -0.39 is 5.97 Å². The van der Waals surface area contributed by atoms with Crippen molar-refractivity contribution >= 4 is 5.97 Å². The van der Waals surface area contributed by atoms with Crippen molar-refractivity contribution in [3.8, 4) is 17.2 Å². The van der Waals surface area contributed by atoms with Crippen LogP contribution in [-0.4, -0.2) is 19.2 Å². The molecule has 0 aliphatic heterocycles. The summed E-state index contributed by atoms with van der Waals surface area (Å²) in [4.78, 5) is 12.6. The van der Waals surface area contributed by atoms with Crippen molar-refractivity contribution in [1.29, 1.82) is 0 Å². The van der Waals surface area contributed by atoms with Crippen LogP contribution in [0.15, 0.2) is 48.5 Å². The maximum absolute atomic E-state index is 12.6. The van der Waals surface area contributed by atoms with Gasteiger partial charge in [0, 0.05) is 0 Å². The highest BCUT2D eigenvalue weighted by Gasteiger charge is 2.19. The number of carbonyl (C=O) groups is 1. The molecule has 4 heteroatoms. The quantitative estimate of drug-likeness (QED) is 0.335. The van der Waals surface area contributed by atoms with Gasteiger partial charge in [-0.2, -0.15) is 0 Å². The molecule has 134 valence electrons. The molecule has 0 spiro atoms. The van der Waals surface area contributed by atoms with E-state index in [1.807, 2.05) is 24.3 Å². The first-order valence-electron chi connectivity index (χ1n) is 8.92. The summed E-state index contributed by atoms with van der Waals surface area (Å²) in [7, 11) is 0. The van der Waals surface area contributed by atoms with E-state index in [0.29, 0.717) is 36.0 Å². The topological polar surface area (TPSA) is 44.8 Å². The standard InChI is InChI=1S/C21H26O4/c1-3-5-15-23-19-14-10-13-18(20(19)24-16-6-4-2)21(22)25-17-11-8-7-9-12-17/h7-14H,3-6,15-16H2,1-2H3. The first kappa shape index (κ1) is 18.8. The normalized spacial score (nSPS) is 10.3. The zero-order valence-electron chi connectivity index (χ0n) is 15.0. The molecule has 0 saturated heterocycles. The largest absolute Gasteiger partial charge is 0.490 e. The number of unbranched alkanes of at least 4 members (excludes halogenated alkanes) is 2. The Morgan fingerprint density at radius 1 is 0.840 bits per heavy atom. The van der Waals surface area contributed by atoms with Crippen LogP contribution in [0.4, 0.5) is 0 Å². The van der Waals surface area contributed by atoms with E-state index in [1.54, 1.807) is 24.3 Å². The number of rotatable bonds is 10. The van der Waals surface area contributed by atoms with Crippen LogP contribution in [0.1, 0.15) is 49.9 Å². The molecule has 25 heavy (non-hydrogen) atoms. The third kappa shape index (κ3) is 5.82. The highest BCUT2D eigenvalue weighted by Crippen LogP contribution is 2.32. The molecule has 0 bridgehead atoms. The number of para-hydroxylation sites is 2. The summed E-state index contributed by atoms with van der Waals surface area (Å²) in [5, 5.41) is 0. The number of esters is 1. The van der Waals surface area contributed by atoms with E-state index in [1.165, 1.54) is 0 Å². The maximum atomic E-state index is 12.6. The smallest absolute Gasteiger partial charge is 0.347 e. The van der Waals surface area contributed by atoms with Crippen LogP contribution in [0, 0.1) is 0 Å². The number of benzene rings is 2. The molecule has 0 fully saturated rings. The Kier molecular flexibility index (Phi) is 7.83. The van der Waals surface area contributed by atoms with Gasteiger partial charge in [-0.05, 0) is 37.1 Å². The molecule has 0 radical (unpaired) electrons. The van der Waals surface area contributed by atoms with E-state index in [-0.39, 0.29) is 0 Å². The second kappa shape index (κ2) is 10.4. The third-order valence-electron chi connectivity index (χ3n) is 3.65. The van der Waals surface area contributed by atoms with Crippen molar-refractivity contribution in [2.45, 2.75) is 39.5 Å². The van der Waals surface area contributed by atoms with Gasteiger partial charge in [0.25, 0.3) is 0 Å². The Balaban J connectivity index is 2.21. The predicted octanol–water partition coefficient (Wildman–Crippen LogP) is 5.26. The molecule has 0 unspecified atom stereocenters. The van der Waals surface area contributed by atoms with Crippen molar-refractivity contribution in [1.82, 2.24) is 0 Å². The van der Waals surface area contributed by atoms with Crippen LogP contribution in [0.25, 0.3) is 0 Å². The van der Waals surface area contributed by atoms with Gasteiger partial charge in [0.2, 0.25) is 0 Å². The van der Waals surface area contributed by atoms with Crippen molar-refractivity contribution in [2.75, 3.05) is 13.2 Å². The van der Waals surface area contributed by atoms with Gasteiger partial charge in [0.15, 0.2) is 11.5 Å². The molecular formula is C21H26O4. The Morgan fingerprint density at radius 2 is 1.52 bits per heavy atom. The van der Waals surface area contributed by atoms with Gasteiger partial charge in [0.1, 0.15) is 11.3 Å². The molecule has 2 rings (SSSR count). The Bertz CT molecular complexity index is 652. The first-order chi connectivity index (χ1) is 12.3. The lowest BCUT2D eigenvalue weighted by Crippen LogP contribution is -2.12. The molecule has 0 N–H and O–H groups in total. The van der Waals surface area contributed by atoms with E-state index in [4.69, 9.17) is 14.2 Å². The Labute approximate surface area is 149 Å². The van der Waals surface area contributed by atoms with E-state index >= 15 is 0 Å². The fourth-order valence-corrected chi connectivity index (χ4v) is 2.23. The zero-order chi connectivity index (χ0) is 17.9. The summed E-state index contributed by atoms with van der Waals surface area (Å²) in [6.45, 7) is 5.33. The van der Waals surface area contributed by atoms with Crippen LogP contribution in [-0.2, 0) is 0 Å². The van der Waals surface area contributed by atoms with Gasteiger partial charge in [-0.1, -0.05) is 51.0 Å². The minimum atomic E-state index is -0.446. The predicted molar refractivity (Wildman–Crippen MR) is 98.6 cm³/mol. The molecule has 4 nitrogen and oxygen atoms in total. The second-order valence-electron chi connectivity index (χ2n) is 5.74. The summed E-state index contributed by atoms with van der Waals surface area (Å²) in [5.74, 6) is 1.11. The van der Waals surface area contributed by atoms with Crippen LogP contribution in [0.2, 0.25) is 0 Å². The highest BCUT2D eigenvalue weighted by atomic mass is 16.5. The first-order valence-corrected chi connectivity index (χ1v) is 8.92. The Hall–Kier alpha value is -2.49. The van der Waals surface area contributed by atoms with Crippen LogP contribution < -0.4 is 14.2 Å². The van der Waals surface area contributed by atoms with Crippen molar-refractivity contribution < 1.29 is 19.0 Å². The SMILES string of the molecule is CCCCOc1cccc(C(=O)Oc2ccccc2)c1OCCCC. The van der Waals surface area contributed by atoms with Gasteiger partial charge in [0.05, 0.1) is 13.2 Å². The summed E-state index contributed by atoms with van der Waals surface area (Å²) < 4.78 is 17.1. The van der Waals surface area contributed by atoms with Crippen molar-refractivity contribution in [3.05, 3.63) is 54.1 Å². The molecule has 2 aromatic carbocycles. The monoisotopic (exact) mass is 342 g/mol. The van der Waals surface area contributed by atoms with E-state index in [0.717, 1.165) is 25.7 Å². The fraction of sp³-hybridized carbons (Fsp3) is 0.381. The lowest BCUT2D eigenvalue weighted by molar-refractivity contribution is 0.0729. The summed E-state index contributed by atoms with van der Waals surface area (Å²) in [6.07, 6.45) is 3.92. The maximum Gasteiger partial charge on any atom is 0.347 e. The number of hydrogen-bond acceptors (Lipinski definition) is 4. The molecule has 0 saturated carbocycles. The lowest BCUT2D eigenvalue weighted by Gasteiger charge is -2.16. The molecule has 0 atom stereocenters. The fourth-order valence-electron chi connectivity index (χ4n) is 2.23. The summed E-state index contributed by atoms with van der Waals surface area (Å²) in [5.41, 5.74) is 0.383. The molecule has 0 aliphatic rings. The third-order valence-corrected chi connectivity index (χ3v) is 3.65. The summed E-state index contributed by atoms with van der Waals surface area (Å²) >= 11 is 0. The van der Waals surface area contributed by atoms with Gasteiger partial charge >= 0.3 is 5.97 Å². The zero-order valence-corrected chi connectivity index (χ0v) is 15.0. The summed E-state index contributed by atoms with van der Waals surface area (Å²) in [6, 6.07) is 14.3. The number of hydrogen-bond donors (Lipinski definition) is 0. The average molecular weight is 342 g/mol. The van der Waals surface area contributed by atoms with E-state index in [9.17, 15) is 4.79 Å². The molecule has 0 aliphatic carbocycles. The molecule has 0 heterocycles. The van der Waals surface area contributed by atoms with E-state index in [2.05, 4.69) is 13.8 Å². The van der Waals surface area contributed by atoms with Crippen molar-refractivity contribution in [3.63, 3.8) is 0 Å². The second-order valence-corrected chi connectivity index (χ2v) is 5.74. The van der Waals surface area contributed by atoms with Crippen LogP contribution in [0.3, 0.4) is 0 Å². The van der Waals surface area contributed by atoms with Gasteiger partial charge in [-0.3, -0.25) is 0 Å². The Morgan fingerprint density at radius 3 is 2.20 bits per heavy atom. The van der Waals surface area contributed by atoms with Gasteiger partial charge < -0.3 is 14.2 Å². The molecule has 0 amide bonds. The highest BCUT2D eigenvalue weighted by molar-refractivity contribution is 5.95. The minimum absolute atomic E-state index is 0.383. The van der Waals surface area contributed by atoms with Crippen LogP contribution >= 0.6 is 0 Å². The van der Waals surface area contributed by atoms with Crippen molar-refractivity contribution in [2.24, 2.45) is 0 Å². The minimum Gasteiger partial charge on any atom is -0.490 e. The molecule has 0 aromatic heterocycles. The number of ether oxygens (including phenoxy) is 3. The average Bonchev–Trinajstić information content (AvgIpc) is 2.63. The number of carbonyl (C=O) groups excluding carboxylic acids is 1. The van der Waals surface area contributed by atoms with Gasteiger partial charge in [-0.15, -0.1) is 0 Å². The molecular weight excluding hydrogens is 316 g/mol. The lowest BCUT2D eigenvalue weighted by atomic mass is 10.2. The van der Waals surface area contributed by atoms with Crippen LogP contribution in [0.5, 0.6) is 17.2 Å².